The number of sulfonamides is 1. The van der Waals surface area contributed by atoms with Crippen LogP contribution in [0, 0.1) is 6.92 Å². The summed E-state index contributed by atoms with van der Waals surface area (Å²) in [6.45, 7) is 1.78. The van der Waals surface area contributed by atoms with Crippen LogP contribution in [0.25, 0.3) is 0 Å². The van der Waals surface area contributed by atoms with E-state index in [4.69, 9.17) is 18.0 Å². The molecule has 0 spiro atoms. The van der Waals surface area contributed by atoms with Crippen molar-refractivity contribution in [3.8, 4) is 0 Å². The zero-order chi connectivity index (χ0) is 14.8. The van der Waals surface area contributed by atoms with Crippen molar-refractivity contribution in [2.24, 2.45) is 5.73 Å². The number of rotatable bonds is 4. The molecule has 0 aliphatic heterocycles. The Morgan fingerprint density at radius 1 is 1.25 bits per heavy atom. The number of aromatic nitrogens is 1. The minimum absolute atomic E-state index is 0.127. The predicted molar refractivity (Wildman–Crippen MR) is 82.1 cm³/mol. The lowest BCUT2D eigenvalue weighted by Gasteiger charge is -2.09. The molecule has 1 heterocycles. The fourth-order valence-electron chi connectivity index (χ4n) is 1.58. The average Bonchev–Trinajstić information content (AvgIpc) is 2.41. The van der Waals surface area contributed by atoms with Gasteiger partial charge in [0.15, 0.2) is 0 Å². The number of hydrogen-bond acceptors (Lipinski definition) is 4. The van der Waals surface area contributed by atoms with Gasteiger partial charge in [-0.2, -0.15) is 0 Å². The number of aryl methyl sites for hydroxylation is 1. The Kier molecular flexibility index (Phi) is 4.01. The van der Waals surface area contributed by atoms with E-state index in [0.717, 1.165) is 5.56 Å². The molecule has 2 aromatic rings. The zero-order valence-electron chi connectivity index (χ0n) is 10.7. The molecule has 0 fully saturated rings. The molecule has 0 amide bonds. The van der Waals surface area contributed by atoms with Crippen LogP contribution in [-0.4, -0.2) is 18.4 Å². The molecule has 104 valence electrons. The molecular formula is C13H13N3O2S2. The number of thiocarbonyl (C=S) groups is 1. The summed E-state index contributed by atoms with van der Waals surface area (Å²) in [6, 6.07) is 9.57. The lowest BCUT2D eigenvalue weighted by atomic mass is 10.2. The number of benzene rings is 1. The van der Waals surface area contributed by atoms with Crippen molar-refractivity contribution in [2.75, 3.05) is 4.72 Å². The van der Waals surface area contributed by atoms with Crippen LogP contribution in [0.3, 0.4) is 0 Å². The molecule has 2 rings (SSSR count). The molecule has 5 nitrogen and oxygen atoms in total. The van der Waals surface area contributed by atoms with E-state index < -0.39 is 10.0 Å². The molecule has 0 radical (unpaired) electrons. The first-order chi connectivity index (χ1) is 9.40. The molecule has 7 heteroatoms. The number of nitrogens with one attached hydrogen (secondary N) is 1. The van der Waals surface area contributed by atoms with E-state index in [1.165, 1.54) is 18.3 Å². The van der Waals surface area contributed by atoms with Crippen LogP contribution >= 0.6 is 12.2 Å². The van der Waals surface area contributed by atoms with Crippen molar-refractivity contribution in [1.82, 2.24) is 4.98 Å². The third-order valence-corrected chi connectivity index (χ3v) is 4.28. The highest BCUT2D eigenvalue weighted by molar-refractivity contribution is 7.92. The molecule has 0 aliphatic carbocycles. The molecule has 0 aliphatic rings. The van der Waals surface area contributed by atoms with Crippen LogP contribution < -0.4 is 10.5 Å². The van der Waals surface area contributed by atoms with Gasteiger partial charge in [0.1, 0.15) is 10.8 Å². The number of hydrogen-bond donors (Lipinski definition) is 2. The topological polar surface area (TPSA) is 85.1 Å². The quantitative estimate of drug-likeness (QED) is 0.842. The first kappa shape index (κ1) is 14.4. The predicted octanol–water partition coefficient (Wildman–Crippen LogP) is 1.83. The monoisotopic (exact) mass is 307 g/mol. The third kappa shape index (κ3) is 3.12. The van der Waals surface area contributed by atoms with Crippen molar-refractivity contribution in [3.63, 3.8) is 0 Å². The average molecular weight is 307 g/mol. The highest BCUT2D eigenvalue weighted by Crippen LogP contribution is 2.17. The smallest absolute Gasteiger partial charge is 0.263 e. The maximum atomic E-state index is 12.2. The molecule has 0 unspecified atom stereocenters. The van der Waals surface area contributed by atoms with Crippen LogP contribution in [0.2, 0.25) is 0 Å². The summed E-state index contributed by atoms with van der Waals surface area (Å²) in [7, 11) is -3.67. The second kappa shape index (κ2) is 5.56. The Morgan fingerprint density at radius 2 is 1.90 bits per heavy atom. The Morgan fingerprint density at radius 3 is 2.45 bits per heavy atom. The summed E-state index contributed by atoms with van der Waals surface area (Å²) in [5.74, 6) is 0.311. The number of nitrogens with zero attached hydrogens (tertiary/aromatic N) is 1. The highest BCUT2D eigenvalue weighted by Gasteiger charge is 2.15. The molecule has 0 atom stereocenters. The van der Waals surface area contributed by atoms with Gasteiger partial charge in [-0.15, -0.1) is 0 Å². The van der Waals surface area contributed by atoms with Gasteiger partial charge in [-0.25, -0.2) is 13.4 Å². The first-order valence-corrected chi connectivity index (χ1v) is 7.63. The number of pyridine rings is 1. The van der Waals surface area contributed by atoms with Gasteiger partial charge >= 0.3 is 0 Å². The van der Waals surface area contributed by atoms with Crippen molar-refractivity contribution in [3.05, 3.63) is 53.7 Å². The van der Waals surface area contributed by atoms with E-state index in [-0.39, 0.29) is 9.88 Å². The molecule has 0 saturated carbocycles. The summed E-state index contributed by atoms with van der Waals surface area (Å²) in [4.78, 5) is 4.36. The van der Waals surface area contributed by atoms with Crippen LogP contribution in [0.1, 0.15) is 11.1 Å². The highest BCUT2D eigenvalue weighted by atomic mass is 32.2. The van der Waals surface area contributed by atoms with Crippen molar-refractivity contribution in [2.45, 2.75) is 11.8 Å². The minimum atomic E-state index is -3.67. The molecular weight excluding hydrogens is 294 g/mol. The molecule has 0 bridgehead atoms. The van der Waals surface area contributed by atoms with Gasteiger partial charge in [-0.1, -0.05) is 30.4 Å². The van der Waals surface area contributed by atoms with E-state index >= 15 is 0 Å². The lowest BCUT2D eigenvalue weighted by Crippen LogP contribution is -2.15. The van der Waals surface area contributed by atoms with Gasteiger partial charge in [-0.05, 0) is 30.7 Å². The fraction of sp³-hybridized carbons (Fsp3) is 0.0769. The number of nitrogens with two attached hydrogens (primary N) is 1. The van der Waals surface area contributed by atoms with E-state index in [2.05, 4.69) is 9.71 Å². The summed E-state index contributed by atoms with van der Waals surface area (Å²) >= 11 is 4.82. The van der Waals surface area contributed by atoms with E-state index in [9.17, 15) is 8.42 Å². The second-order valence-corrected chi connectivity index (χ2v) is 6.29. The van der Waals surface area contributed by atoms with Crippen molar-refractivity contribution in [1.29, 1.82) is 0 Å². The van der Waals surface area contributed by atoms with Crippen LogP contribution in [0.5, 0.6) is 0 Å². The Labute approximate surface area is 122 Å². The number of anilines is 1. The summed E-state index contributed by atoms with van der Waals surface area (Å²) in [5.41, 5.74) is 6.84. The van der Waals surface area contributed by atoms with Crippen molar-refractivity contribution < 1.29 is 8.42 Å². The summed E-state index contributed by atoms with van der Waals surface area (Å²) in [5, 5.41) is 0. The van der Waals surface area contributed by atoms with E-state index in [0.29, 0.717) is 11.4 Å². The normalized spacial score (nSPS) is 11.1. The largest absolute Gasteiger partial charge is 0.389 e. The van der Waals surface area contributed by atoms with Gasteiger partial charge in [-0.3, -0.25) is 4.72 Å². The van der Waals surface area contributed by atoms with Gasteiger partial charge in [0.2, 0.25) is 0 Å². The SMILES string of the molecule is Cc1cccnc1NS(=O)(=O)c1ccc(C(N)=S)cc1. The van der Waals surface area contributed by atoms with Crippen LogP contribution in [0.15, 0.2) is 47.5 Å². The summed E-state index contributed by atoms with van der Waals surface area (Å²) < 4.78 is 26.9. The van der Waals surface area contributed by atoms with E-state index in [1.54, 1.807) is 31.2 Å². The minimum Gasteiger partial charge on any atom is -0.389 e. The molecule has 20 heavy (non-hydrogen) atoms. The van der Waals surface area contributed by atoms with Gasteiger partial charge in [0, 0.05) is 11.8 Å². The van der Waals surface area contributed by atoms with Gasteiger partial charge in [0.05, 0.1) is 4.90 Å². The Hall–Kier alpha value is -1.99. The third-order valence-electron chi connectivity index (χ3n) is 2.69. The van der Waals surface area contributed by atoms with Crippen molar-refractivity contribution >= 4 is 33.0 Å². The fourth-order valence-corrected chi connectivity index (χ4v) is 2.79. The van der Waals surface area contributed by atoms with Crippen LogP contribution in [0.4, 0.5) is 5.82 Å². The zero-order valence-corrected chi connectivity index (χ0v) is 12.3. The standard InChI is InChI=1S/C13H13N3O2S2/c1-9-3-2-8-15-13(9)16-20(17,18)11-6-4-10(5-7-11)12(14)19/h2-8H,1H3,(H2,14,19)(H,15,16). The maximum Gasteiger partial charge on any atom is 0.263 e. The molecule has 1 aromatic heterocycles. The molecule has 1 aromatic carbocycles. The molecule has 0 saturated heterocycles. The first-order valence-electron chi connectivity index (χ1n) is 5.74. The van der Waals surface area contributed by atoms with Gasteiger partial charge < -0.3 is 5.73 Å². The molecule has 3 N–H and O–H groups in total. The van der Waals surface area contributed by atoms with Crippen LogP contribution in [-0.2, 0) is 10.0 Å². The summed E-state index contributed by atoms with van der Waals surface area (Å²) in [6.07, 6.45) is 1.53. The Balaban J connectivity index is 2.31. The van der Waals surface area contributed by atoms with E-state index in [1.807, 2.05) is 0 Å². The lowest BCUT2D eigenvalue weighted by molar-refractivity contribution is 0.601. The maximum absolute atomic E-state index is 12.2. The second-order valence-electron chi connectivity index (χ2n) is 4.16. The van der Waals surface area contributed by atoms with Gasteiger partial charge in [0.25, 0.3) is 10.0 Å². The Bertz CT molecular complexity index is 740.